The van der Waals surface area contributed by atoms with Gasteiger partial charge in [-0.15, -0.1) is 0 Å². The van der Waals surface area contributed by atoms with Crippen LogP contribution in [0.2, 0.25) is 0 Å². The first-order chi connectivity index (χ1) is 9.40. The molecule has 118 valence electrons. The zero-order valence-corrected chi connectivity index (χ0v) is 14.1. The number of hydrogen-bond acceptors (Lipinski definition) is 1. The van der Waals surface area contributed by atoms with E-state index in [9.17, 15) is 5.11 Å². The van der Waals surface area contributed by atoms with Crippen molar-refractivity contribution in [3.05, 3.63) is 0 Å². The third-order valence-corrected chi connectivity index (χ3v) is 6.25. The Kier molecular flexibility index (Phi) is 5.14. The second kappa shape index (κ2) is 6.33. The van der Waals surface area contributed by atoms with Gasteiger partial charge in [0, 0.05) is 11.8 Å². The van der Waals surface area contributed by atoms with Crippen LogP contribution in [0.15, 0.2) is 0 Å². The highest BCUT2D eigenvalue weighted by Crippen LogP contribution is 2.39. The van der Waals surface area contributed by atoms with E-state index in [1.54, 1.807) is 0 Å². The van der Waals surface area contributed by atoms with Crippen LogP contribution in [0.1, 0.15) is 39.5 Å². The molecule has 0 radical (unpaired) electrons. The number of quaternary nitrogens is 2. The number of aliphatic hydroxyl groups is 1. The summed E-state index contributed by atoms with van der Waals surface area (Å²) in [6.45, 7) is 11.2. The predicted molar refractivity (Wildman–Crippen MR) is 84.4 cm³/mol. The van der Waals surface area contributed by atoms with Crippen molar-refractivity contribution in [3.63, 3.8) is 0 Å². The summed E-state index contributed by atoms with van der Waals surface area (Å²) in [4.78, 5) is 0. The normalized spacial score (nSPS) is 35.9. The van der Waals surface area contributed by atoms with E-state index in [0.717, 1.165) is 47.0 Å². The molecule has 1 saturated carbocycles. The number of likely N-dealkylation sites (N-methyl/N-ethyl adjacent to an activating group) is 2. The Labute approximate surface area is 125 Å². The first-order valence-corrected chi connectivity index (χ1v) is 8.75. The zero-order chi connectivity index (χ0) is 14.8. The monoisotopic (exact) mass is 284 g/mol. The van der Waals surface area contributed by atoms with Gasteiger partial charge in [0.2, 0.25) is 0 Å². The summed E-state index contributed by atoms with van der Waals surface area (Å²) in [7, 11) is 4.65. The van der Waals surface area contributed by atoms with Crippen molar-refractivity contribution in [2.24, 2.45) is 11.8 Å². The average molecular weight is 284 g/mol. The van der Waals surface area contributed by atoms with Gasteiger partial charge < -0.3 is 14.1 Å². The Morgan fingerprint density at radius 1 is 1.10 bits per heavy atom. The standard InChI is InChI=1S/C17H36N2O/c1-5-18(3,6-2)13-17(20)14-19(4)11-15-9-7-8-10-16(15)12-19/h15-17,20H,5-14H2,1-4H3/q+2/t15-,16+,17-,19?/m1/s1. The van der Waals surface area contributed by atoms with Crippen molar-refractivity contribution in [2.45, 2.75) is 45.6 Å². The maximum absolute atomic E-state index is 10.6. The van der Waals surface area contributed by atoms with Crippen molar-refractivity contribution < 1.29 is 14.1 Å². The number of nitrogens with zero attached hydrogens (tertiary/aromatic N) is 2. The van der Waals surface area contributed by atoms with E-state index in [-0.39, 0.29) is 6.10 Å². The quantitative estimate of drug-likeness (QED) is 0.741. The van der Waals surface area contributed by atoms with Crippen LogP contribution in [0.4, 0.5) is 0 Å². The molecular formula is C17H36N2O+2. The third kappa shape index (κ3) is 3.75. The molecule has 0 aromatic heterocycles. The number of rotatable bonds is 6. The molecule has 0 aromatic rings. The number of likely N-dealkylation sites (tertiary alicyclic amines) is 1. The van der Waals surface area contributed by atoms with Gasteiger partial charge in [-0.25, -0.2) is 0 Å². The summed E-state index contributed by atoms with van der Waals surface area (Å²) >= 11 is 0. The van der Waals surface area contributed by atoms with E-state index in [4.69, 9.17) is 0 Å². The molecule has 20 heavy (non-hydrogen) atoms. The van der Waals surface area contributed by atoms with Gasteiger partial charge in [0.05, 0.1) is 40.3 Å². The van der Waals surface area contributed by atoms with Gasteiger partial charge in [0.15, 0.2) is 6.10 Å². The van der Waals surface area contributed by atoms with E-state index in [1.165, 1.54) is 38.8 Å². The molecule has 3 heteroatoms. The lowest BCUT2D eigenvalue weighted by Crippen LogP contribution is -2.54. The molecule has 1 aliphatic heterocycles. The van der Waals surface area contributed by atoms with Crippen LogP contribution in [0, 0.1) is 11.8 Å². The van der Waals surface area contributed by atoms with Crippen molar-refractivity contribution in [1.29, 1.82) is 0 Å². The number of aliphatic hydroxyl groups excluding tert-OH is 1. The zero-order valence-electron chi connectivity index (χ0n) is 14.1. The molecule has 0 bridgehead atoms. The summed E-state index contributed by atoms with van der Waals surface area (Å²) < 4.78 is 2.11. The molecule has 1 saturated heterocycles. The van der Waals surface area contributed by atoms with E-state index < -0.39 is 0 Å². The fourth-order valence-electron chi connectivity index (χ4n) is 4.68. The minimum atomic E-state index is -0.148. The number of hydrogen-bond donors (Lipinski definition) is 1. The van der Waals surface area contributed by atoms with Crippen molar-refractivity contribution in [3.8, 4) is 0 Å². The van der Waals surface area contributed by atoms with Crippen LogP contribution < -0.4 is 0 Å². The van der Waals surface area contributed by atoms with Crippen molar-refractivity contribution in [1.82, 2.24) is 0 Å². The van der Waals surface area contributed by atoms with Crippen LogP contribution in [0.3, 0.4) is 0 Å². The SMILES string of the molecule is CC[N+](C)(CC)C[C@@H](O)C[N+]1(C)C[C@H]2CCCC[C@H]2C1. The molecule has 0 amide bonds. The summed E-state index contributed by atoms with van der Waals surface area (Å²) in [5.74, 6) is 1.89. The minimum Gasteiger partial charge on any atom is -0.382 e. The Balaban J connectivity index is 1.89. The predicted octanol–water partition coefficient (Wildman–Crippen LogP) is 2.10. The molecule has 2 fully saturated rings. The van der Waals surface area contributed by atoms with Gasteiger partial charge in [-0.05, 0) is 26.7 Å². The van der Waals surface area contributed by atoms with E-state index in [2.05, 4.69) is 27.9 Å². The highest BCUT2D eigenvalue weighted by molar-refractivity contribution is 4.80. The highest BCUT2D eigenvalue weighted by Gasteiger charge is 2.44. The fourth-order valence-corrected chi connectivity index (χ4v) is 4.68. The van der Waals surface area contributed by atoms with Crippen molar-refractivity contribution >= 4 is 0 Å². The minimum absolute atomic E-state index is 0.148. The average Bonchev–Trinajstić information content (AvgIpc) is 2.73. The maximum atomic E-state index is 10.6. The third-order valence-electron chi connectivity index (χ3n) is 6.25. The largest absolute Gasteiger partial charge is 0.382 e. The van der Waals surface area contributed by atoms with Crippen LogP contribution in [0.25, 0.3) is 0 Å². The van der Waals surface area contributed by atoms with Crippen LogP contribution in [-0.4, -0.2) is 73.5 Å². The second-order valence-corrected chi connectivity index (χ2v) is 8.06. The van der Waals surface area contributed by atoms with E-state index >= 15 is 0 Å². The van der Waals surface area contributed by atoms with E-state index in [1.807, 2.05) is 0 Å². The van der Waals surface area contributed by atoms with Gasteiger partial charge in [0.25, 0.3) is 0 Å². The Bertz CT molecular complexity index is 300. The summed E-state index contributed by atoms with van der Waals surface area (Å²) in [6, 6.07) is 0. The smallest absolute Gasteiger partial charge is 0.152 e. The summed E-state index contributed by atoms with van der Waals surface area (Å²) in [5, 5.41) is 10.6. The molecule has 0 spiro atoms. The summed E-state index contributed by atoms with van der Waals surface area (Å²) in [5.41, 5.74) is 0. The molecule has 0 aromatic carbocycles. The van der Waals surface area contributed by atoms with E-state index in [0.29, 0.717) is 0 Å². The molecule has 4 atom stereocenters. The topological polar surface area (TPSA) is 20.2 Å². The van der Waals surface area contributed by atoms with Gasteiger partial charge in [-0.2, -0.15) is 0 Å². The molecular weight excluding hydrogens is 248 g/mol. The first kappa shape index (κ1) is 16.3. The Morgan fingerprint density at radius 3 is 2.05 bits per heavy atom. The van der Waals surface area contributed by atoms with Gasteiger partial charge in [0.1, 0.15) is 13.1 Å². The molecule has 2 aliphatic rings. The summed E-state index contributed by atoms with van der Waals surface area (Å²) in [6.07, 6.45) is 5.60. The van der Waals surface area contributed by atoms with Gasteiger partial charge in [-0.3, -0.25) is 0 Å². The number of fused-ring (bicyclic) bond motifs is 1. The lowest BCUT2D eigenvalue weighted by Gasteiger charge is -2.37. The molecule has 3 nitrogen and oxygen atoms in total. The Hall–Kier alpha value is -0.120. The van der Waals surface area contributed by atoms with Gasteiger partial charge >= 0.3 is 0 Å². The molecule has 1 aliphatic carbocycles. The molecule has 1 heterocycles. The maximum Gasteiger partial charge on any atom is 0.152 e. The van der Waals surface area contributed by atoms with Crippen molar-refractivity contribution in [2.75, 3.05) is 53.4 Å². The lowest BCUT2D eigenvalue weighted by atomic mass is 9.82. The molecule has 1 N–H and O–H groups in total. The first-order valence-electron chi connectivity index (χ1n) is 8.75. The second-order valence-electron chi connectivity index (χ2n) is 8.06. The Morgan fingerprint density at radius 2 is 1.60 bits per heavy atom. The van der Waals surface area contributed by atoms with Crippen LogP contribution >= 0.6 is 0 Å². The highest BCUT2D eigenvalue weighted by atomic mass is 16.3. The molecule has 2 rings (SSSR count). The molecule has 1 unspecified atom stereocenters. The lowest BCUT2D eigenvalue weighted by molar-refractivity contribution is -0.927. The van der Waals surface area contributed by atoms with Crippen LogP contribution in [-0.2, 0) is 0 Å². The van der Waals surface area contributed by atoms with Crippen LogP contribution in [0.5, 0.6) is 0 Å². The van der Waals surface area contributed by atoms with Gasteiger partial charge in [-0.1, -0.05) is 12.8 Å². The fraction of sp³-hybridized carbons (Fsp3) is 1.00.